The molecule has 2 N–H and O–H groups in total. The van der Waals surface area contributed by atoms with Gasteiger partial charge in [0.2, 0.25) is 0 Å². The largest absolute Gasteiger partial charge is 0.313 e. The van der Waals surface area contributed by atoms with Crippen LogP contribution in [-0.2, 0) is 0 Å². The van der Waals surface area contributed by atoms with E-state index < -0.39 is 5.54 Å². The van der Waals surface area contributed by atoms with Gasteiger partial charge in [0.05, 0.1) is 6.07 Å². The fraction of sp³-hybridized carbons (Fsp3) is 0.923. The fourth-order valence-corrected chi connectivity index (χ4v) is 2.54. The molecule has 0 aromatic rings. The van der Waals surface area contributed by atoms with Crippen LogP contribution in [0.5, 0.6) is 0 Å². The molecular formula is C13H25N3. The van der Waals surface area contributed by atoms with Crippen molar-refractivity contribution in [1.82, 2.24) is 4.90 Å². The van der Waals surface area contributed by atoms with Gasteiger partial charge < -0.3 is 10.6 Å². The highest BCUT2D eigenvalue weighted by molar-refractivity contribution is 5.11. The lowest BCUT2D eigenvalue weighted by Crippen LogP contribution is -2.43. The normalized spacial score (nSPS) is 31.6. The minimum atomic E-state index is -0.545. The second kappa shape index (κ2) is 5.65. The zero-order valence-electron chi connectivity index (χ0n) is 10.9. The maximum Gasteiger partial charge on any atom is 0.107 e. The summed E-state index contributed by atoms with van der Waals surface area (Å²) < 4.78 is 0. The first kappa shape index (κ1) is 13.5. The average Bonchev–Trinajstić information content (AvgIpc) is 2.67. The van der Waals surface area contributed by atoms with Crippen molar-refractivity contribution in [3.05, 3.63) is 0 Å². The minimum Gasteiger partial charge on any atom is -0.313 e. The molecule has 3 unspecified atom stereocenters. The van der Waals surface area contributed by atoms with E-state index in [1.165, 1.54) is 6.42 Å². The molecule has 16 heavy (non-hydrogen) atoms. The van der Waals surface area contributed by atoms with Crippen molar-refractivity contribution in [2.45, 2.75) is 57.5 Å². The highest BCUT2D eigenvalue weighted by atomic mass is 15.1. The van der Waals surface area contributed by atoms with E-state index in [1.807, 2.05) is 0 Å². The molecule has 0 saturated heterocycles. The number of hydrogen-bond acceptors (Lipinski definition) is 3. The number of hydrogen-bond donors (Lipinski definition) is 1. The Morgan fingerprint density at radius 1 is 1.62 bits per heavy atom. The van der Waals surface area contributed by atoms with Crippen molar-refractivity contribution in [3.8, 4) is 6.07 Å². The lowest BCUT2D eigenvalue weighted by Gasteiger charge is -2.28. The van der Waals surface area contributed by atoms with Gasteiger partial charge in [-0.2, -0.15) is 5.26 Å². The summed E-state index contributed by atoms with van der Waals surface area (Å²) >= 11 is 0. The summed E-state index contributed by atoms with van der Waals surface area (Å²) in [5, 5.41) is 9.13. The first-order valence-corrected chi connectivity index (χ1v) is 6.44. The van der Waals surface area contributed by atoms with E-state index in [0.29, 0.717) is 12.0 Å². The van der Waals surface area contributed by atoms with Crippen LogP contribution in [0.25, 0.3) is 0 Å². The topological polar surface area (TPSA) is 53.0 Å². The van der Waals surface area contributed by atoms with E-state index in [4.69, 9.17) is 11.0 Å². The zero-order valence-corrected chi connectivity index (χ0v) is 10.9. The summed E-state index contributed by atoms with van der Waals surface area (Å²) in [5.74, 6) is 0.393. The first-order chi connectivity index (χ1) is 7.53. The smallest absolute Gasteiger partial charge is 0.107 e. The highest BCUT2D eigenvalue weighted by Crippen LogP contribution is 2.35. The molecule has 0 aromatic heterocycles. The van der Waals surface area contributed by atoms with E-state index in [1.54, 1.807) is 0 Å². The molecule has 3 nitrogen and oxygen atoms in total. The maximum absolute atomic E-state index is 9.13. The SMILES string of the molecule is CCC(C)N(C)CCC1CCCC1(N)C#N. The lowest BCUT2D eigenvalue weighted by atomic mass is 9.87. The predicted molar refractivity (Wildman–Crippen MR) is 66.9 cm³/mol. The molecule has 1 rings (SSSR count). The number of rotatable bonds is 5. The first-order valence-electron chi connectivity index (χ1n) is 6.44. The van der Waals surface area contributed by atoms with Gasteiger partial charge in [-0.3, -0.25) is 0 Å². The Morgan fingerprint density at radius 3 is 2.88 bits per heavy atom. The summed E-state index contributed by atoms with van der Waals surface area (Å²) in [6, 6.07) is 2.94. The number of nitrogens with two attached hydrogens (primary N) is 1. The Bertz CT molecular complexity index is 258. The second-order valence-electron chi connectivity index (χ2n) is 5.27. The Labute approximate surface area is 99.6 Å². The van der Waals surface area contributed by atoms with Gasteiger partial charge in [-0.05, 0) is 52.1 Å². The van der Waals surface area contributed by atoms with Gasteiger partial charge in [-0.15, -0.1) is 0 Å². The molecule has 3 atom stereocenters. The van der Waals surface area contributed by atoms with Crippen LogP contribution < -0.4 is 5.73 Å². The molecule has 0 amide bonds. The number of nitriles is 1. The van der Waals surface area contributed by atoms with Gasteiger partial charge in [0.15, 0.2) is 0 Å². The van der Waals surface area contributed by atoms with Gasteiger partial charge in [0.25, 0.3) is 0 Å². The molecule has 0 heterocycles. The molecule has 0 bridgehead atoms. The molecular weight excluding hydrogens is 198 g/mol. The molecule has 0 spiro atoms. The summed E-state index contributed by atoms with van der Waals surface area (Å²) in [7, 11) is 2.16. The van der Waals surface area contributed by atoms with Crippen molar-refractivity contribution >= 4 is 0 Å². The van der Waals surface area contributed by atoms with Crippen molar-refractivity contribution in [2.24, 2.45) is 11.7 Å². The van der Waals surface area contributed by atoms with E-state index in [9.17, 15) is 0 Å². The van der Waals surface area contributed by atoms with Crippen LogP contribution in [0.15, 0.2) is 0 Å². The molecule has 1 aliphatic rings. The van der Waals surface area contributed by atoms with Gasteiger partial charge in [-0.25, -0.2) is 0 Å². The Hall–Kier alpha value is -0.590. The van der Waals surface area contributed by atoms with E-state index in [0.717, 1.165) is 32.2 Å². The molecule has 0 aromatic carbocycles. The molecule has 3 heteroatoms. The van der Waals surface area contributed by atoms with Crippen molar-refractivity contribution < 1.29 is 0 Å². The van der Waals surface area contributed by atoms with Gasteiger partial charge in [0, 0.05) is 6.04 Å². The third kappa shape index (κ3) is 2.96. The molecule has 0 radical (unpaired) electrons. The Kier molecular flexibility index (Phi) is 4.76. The molecule has 1 aliphatic carbocycles. The standard InChI is InChI=1S/C13H25N3/c1-4-11(2)16(3)9-7-12-6-5-8-13(12,15)10-14/h11-12H,4-9,15H2,1-3H3. The summed E-state index contributed by atoms with van der Waals surface area (Å²) in [5.41, 5.74) is 5.57. The Morgan fingerprint density at radius 2 is 2.31 bits per heavy atom. The van der Waals surface area contributed by atoms with Gasteiger partial charge in [-0.1, -0.05) is 13.3 Å². The van der Waals surface area contributed by atoms with E-state index in [2.05, 4.69) is 31.9 Å². The minimum absolute atomic E-state index is 0.393. The van der Waals surface area contributed by atoms with Crippen LogP contribution >= 0.6 is 0 Å². The van der Waals surface area contributed by atoms with Gasteiger partial charge in [0.1, 0.15) is 5.54 Å². The van der Waals surface area contributed by atoms with E-state index >= 15 is 0 Å². The van der Waals surface area contributed by atoms with Crippen LogP contribution in [0.1, 0.15) is 46.0 Å². The summed E-state index contributed by atoms with van der Waals surface area (Å²) in [6.07, 6.45) is 5.35. The quantitative estimate of drug-likeness (QED) is 0.777. The van der Waals surface area contributed by atoms with Crippen LogP contribution in [0.3, 0.4) is 0 Å². The molecule has 0 aliphatic heterocycles. The van der Waals surface area contributed by atoms with Crippen molar-refractivity contribution in [2.75, 3.05) is 13.6 Å². The molecule has 92 valence electrons. The van der Waals surface area contributed by atoms with Crippen molar-refractivity contribution in [1.29, 1.82) is 5.26 Å². The van der Waals surface area contributed by atoms with Crippen LogP contribution in [0, 0.1) is 17.2 Å². The average molecular weight is 223 g/mol. The fourth-order valence-electron chi connectivity index (χ4n) is 2.54. The zero-order chi connectivity index (χ0) is 12.2. The van der Waals surface area contributed by atoms with Crippen molar-refractivity contribution in [3.63, 3.8) is 0 Å². The van der Waals surface area contributed by atoms with Gasteiger partial charge >= 0.3 is 0 Å². The third-order valence-electron chi connectivity index (χ3n) is 4.25. The third-order valence-corrected chi connectivity index (χ3v) is 4.25. The number of nitrogens with zero attached hydrogens (tertiary/aromatic N) is 2. The summed E-state index contributed by atoms with van der Waals surface area (Å²) in [4.78, 5) is 2.37. The molecule has 1 saturated carbocycles. The van der Waals surface area contributed by atoms with Crippen LogP contribution in [0.2, 0.25) is 0 Å². The second-order valence-corrected chi connectivity index (χ2v) is 5.27. The van der Waals surface area contributed by atoms with E-state index in [-0.39, 0.29) is 0 Å². The summed E-state index contributed by atoms with van der Waals surface area (Å²) in [6.45, 7) is 5.51. The van der Waals surface area contributed by atoms with Crippen LogP contribution in [-0.4, -0.2) is 30.1 Å². The Balaban J connectivity index is 2.41. The highest BCUT2D eigenvalue weighted by Gasteiger charge is 2.39. The maximum atomic E-state index is 9.13. The predicted octanol–water partition coefficient (Wildman–Crippen LogP) is 2.13. The molecule has 1 fully saturated rings. The lowest BCUT2D eigenvalue weighted by molar-refractivity contribution is 0.221. The van der Waals surface area contributed by atoms with Crippen LogP contribution in [0.4, 0.5) is 0 Å². The monoisotopic (exact) mass is 223 g/mol.